The molecule has 2 aliphatic rings. The Morgan fingerprint density at radius 1 is 1.00 bits per heavy atom. The molecule has 5 heterocycles. The number of nitrogen functional groups attached to an aromatic ring is 2. The van der Waals surface area contributed by atoms with E-state index in [9.17, 15) is 9.59 Å². The van der Waals surface area contributed by atoms with Crippen molar-refractivity contribution in [3.05, 3.63) is 59.4 Å². The number of anilines is 2. The van der Waals surface area contributed by atoms with E-state index in [-0.39, 0.29) is 23.9 Å². The first-order valence-corrected chi connectivity index (χ1v) is 17.5. The summed E-state index contributed by atoms with van der Waals surface area (Å²) in [7, 11) is 0. The number of fused-ring (bicyclic) bond motifs is 3. The summed E-state index contributed by atoms with van der Waals surface area (Å²) >= 11 is 0. The number of amides is 2. The molecular weight excluding hydrogens is 652 g/mol. The Kier molecular flexibility index (Phi) is 10.4. The minimum atomic E-state index is 0.00474. The van der Waals surface area contributed by atoms with Gasteiger partial charge in [0, 0.05) is 50.8 Å². The number of hydrogen-bond donors (Lipinski definition) is 3. The summed E-state index contributed by atoms with van der Waals surface area (Å²) in [4.78, 5) is 42.8. The molecular formula is C36H44N10O5. The molecule has 0 atom stereocenters. The lowest BCUT2D eigenvalue weighted by Crippen LogP contribution is -2.48. The molecule has 2 amide bonds. The molecule has 5 aromatic rings. The van der Waals surface area contributed by atoms with Gasteiger partial charge in [-0.25, -0.2) is 14.6 Å². The highest BCUT2D eigenvalue weighted by Crippen LogP contribution is 2.33. The van der Waals surface area contributed by atoms with E-state index in [1.165, 1.54) is 11.9 Å². The van der Waals surface area contributed by atoms with E-state index in [2.05, 4.69) is 43.4 Å². The van der Waals surface area contributed by atoms with Gasteiger partial charge in [-0.15, -0.1) is 0 Å². The summed E-state index contributed by atoms with van der Waals surface area (Å²) in [5.41, 5.74) is 18.9. The number of nitrogens with two attached hydrogens (primary N) is 2. The van der Waals surface area contributed by atoms with Gasteiger partial charge in [-0.3, -0.25) is 14.5 Å². The van der Waals surface area contributed by atoms with E-state index in [1.807, 2.05) is 34.7 Å². The quantitative estimate of drug-likeness (QED) is 0.153. The van der Waals surface area contributed by atoms with Crippen molar-refractivity contribution in [1.29, 1.82) is 0 Å². The Bertz CT molecular complexity index is 2020. The Balaban J connectivity index is 0.931. The third kappa shape index (κ3) is 7.95. The molecule has 2 aromatic carbocycles. The molecule has 0 bridgehead atoms. The normalized spacial score (nSPS) is 15.4. The molecule has 0 aliphatic carbocycles. The third-order valence-corrected chi connectivity index (χ3v) is 9.57. The van der Waals surface area contributed by atoms with Crippen LogP contribution in [-0.2, 0) is 38.6 Å². The van der Waals surface area contributed by atoms with E-state index in [0.717, 1.165) is 49.0 Å². The predicted octanol–water partition coefficient (Wildman–Crippen LogP) is 2.76. The van der Waals surface area contributed by atoms with Crippen LogP contribution in [-0.4, -0.2) is 105 Å². The number of hydrogen-bond acceptors (Lipinski definition) is 12. The minimum absolute atomic E-state index is 0.00474. The number of likely N-dealkylation sites (tertiary alicyclic amines) is 1. The highest BCUT2D eigenvalue weighted by Gasteiger charge is 2.26. The van der Waals surface area contributed by atoms with E-state index in [0.29, 0.717) is 92.7 Å². The van der Waals surface area contributed by atoms with Crippen molar-refractivity contribution in [3.8, 4) is 11.3 Å². The molecule has 2 aliphatic heterocycles. The van der Waals surface area contributed by atoms with Crippen LogP contribution in [0, 0.1) is 0 Å². The van der Waals surface area contributed by atoms with Crippen LogP contribution in [0.1, 0.15) is 42.9 Å². The third-order valence-electron chi connectivity index (χ3n) is 9.57. The molecule has 0 spiro atoms. The van der Waals surface area contributed by atoms with Crippen LogP contribution in [0.2, 0.25) is 0 Å². The number of nitrogens with one attached hydrogen (secondary N) is 1. The van der Waals surface area contributed by atoms with Crippen LogP contribution < -0.4 is 16.8 Å². The number of carbonyl (C=O) groups excluding carboxylic acids is 2. The van der Waals surface area contributed by atoms with Crippen LogP contribution >= 0.6 is 0 Å². The Morgan fingerprint density at radius 2 is 1.84 bits per heavy atom. The topological polar surface area (TPSA) is 193 Å². The fourth-order valence-electron chi connectivity index (χ4n) is 6.88. The summed E-state index contributed by atoms with van der Waals surface area (Å²) in [5, 5.41) is 8.72. The van der Waals surface area contributed by atoms with Crippen molar-refractivity contribution in [3.63, 3.8) is 0 Å². The number of ether oxygens (including phenoxy) is 2. The lowest BCUT2D eigenvalue weighted by Gasteiger charge is -2.35. The SMILES string of the molecule is CCOCCOCCC(=O)NC1CCN(CC(=O)N2CCc3cc(Cn4nc(-c5ccc6oc(N)nc6c5)c5c(N)ncnc54)ccc3C2)CC1. The second kappa shape index (κ2) is 15.4. The lowest BCUT2D eigenvalue weighted by atomic mass is 9.97. The number of benzene rings is 2. The first-order chi connectivity index (χ1) is 24.8. The Morgan fingerprint density at radius 3 is 2.69 bits per heavy atom. The standard InChI is InChI=1S/C36H44N10O5/c1-2-49-15-16-50-14-10-30(47)41-27-8-11-44(12-9-27)21-31(48)45-13-7-24-17-23(3-4-26(24)20-45)19-46-35-32(34(37)39-22-40-35)33(43-46)25-5-6-29-28(18-25)42-36(38)51-29/h3-6,17-18,22,27H,2,7-16,19-21H2,1H3,(H2,38,42)(H,41,47)(H2,37,39,40). The number of carbonyl (C=O) groups is 2. The van der Waals surface area contributed by atoms with Crippen LogP contribution in [0.4, 0.5) is 11.8 Å². The van der Waals surface area contributed by atoms with Crippen molar-refractivity contribution < 1.29 is 23.5 Å². The summed E-state index contributed by atoms with van der Waals surface area (Å²) in [5.74, 6) is 0.485. The first kappa shape index (κ1) is 34.3. The zero-order chi connectivity index (χ0) is 35.3. The largest absolute Gasteiger partial charge is 0.424 e. The van der Waals surface area contributed by atoms with Gasteiger partial charge < -0.3 is 35.6 Å². The van der Waals surface area contributed by atoms with Crippen LogP contribution in [0.5, 0.6) is 0 Å². The minimum Gasteiger partial charge on any atom is -0.424 e. The number of oxazole rings is 1. The number of aromatic nitrogens is 5. The predicted molar refractivity (Wildman–Crippen MR) is 191 cm³/mol. The fourth-order valence-corrected chi connectivity index (χ4v) is 6.88. The van der Waals surface area contributed by atoms with Gasteiger partial charge in [0.15, 0.2) is 11.2 Å². The Hall–Kier alpha value is -5.12. The maximum absolute atomic E-state index is 13.3. The van der Waals surface area contributed by atoms with Crippen molar-refractivity contribution in [1.82, 2.24) is 39.8 Å². The van der Waals surface area contributed by atoms with Crippen LogP contribution in [0.15, 0.2) is 47.1 Å². The smallest absolute Gasteiger partial charge is 0.292 e. The molecule has 15 nitrogen and oxygen atoms in total. The second-order valence-corrected chi connectivity index (χ2v) is 13.0. The Labute approximate surface area is 295 Å². The molecule has 7 rings (SSSR count). The molecule has 0 saturated carbocycles. The molecule has 15 heteroatoms. The van der Waals surface area contributed by atoms with E-state index >= 15 is 0 Å². The van der Waals surface area contributed by atoms with E-state index in [4.69, 9.17) is 30.5 Å². The van der Waals surface area contributed by atoms with Crippen LogP contribution in [0.25, 0.3) is 33.4 Å². The monoisotopic (exact) mass is 696 g/mol. The molecule has 51 heavy (non-hydrogen) atoms. The molecule has 3 aromatic heterocycles. The fraction of sp³-hybridized carbons (Fsp3) is 0.444. The zero-order valence-electron chi connectivity index (χ0n) is 28.8. The number of rotatable bonds is 13. The van der Waals surface area contributed by atoms with Crippen molar-refractivity contribution in [2.24, 2.45) is 0 Å². The maximum atomic E-state index is 13.3. The van der Waals surface area contributed by atoms with Gasteiger partial charge in [0.2, 0.25) is 11.8 Å². The molecule has 0 radical (unpaired) electrons. The first-order valence-electron chi connectivity index (χ1n) is 17.5. The summed E-state index contributed by atoms with van der Waals surface area (Å²) in [6.07, 6.45) is 4.22. The van der Waals surface area contributed by atoms with Crippen LogP contribution in [0.3, 0.4) is 0 Å². The number of nitrogens with zero attached hydrogens (tertiary/aromatic N) is 7. The maximum Gasteiger partial charge on any atom is 0.292 e. The average Bonchev–Trinajstić information content (AvgIpc) is 3.70. The van der Waals surface area contributed by atoms with Gasteiger partial charge in [-0.05, 0) is 61.1 Å². The zero-order valence-corrected chi connectivity index (χ0v) is 28.8. The number of piperidine rings is 1. The van der Waals surface area contributed by atoms with Gasteiger partial charge in [0.25, 0.3) is 6.01 Å². The van der Waals surface area contributed by atoms with Gasteiger partial charge in [-0.2, -0.15) is 10.1 Å². The van der Waals surface area contributed by atoms with Crippen molar-refractivity contribution >= 4 is 45.8 Å². The van der Waals surface area contributed by atoms with E-state index in [1.54, 1.807) is 0 Å². The molecule has 1 saturated heterocycles. The van der Waals surface area contributed by atoms with Gasteiger partial charge in [0.1, 0.15) is 23.4 Å². The molecule has 268 valence electrons. The highest BCUT2D eigenvalue weighted by molar-refractivity contribution is 5.99. The summed E-state index contributed by atoms with van der Waals surface area (Å²) < 4.78 is 18.0. The molecule has 5 N–H and O–H groups in total. The van der Waals surface area contributed by atoms with Crippen molar-refractivity contribution in [2.75, 3.05) is 64.1 Å². The van der Waals surface area contributed by atoms with Crippen molar-refractivity contribution in [2.45, 2.75) is 51.7 Å². The lowest BCUT2D eigenvalue weighted by molar-refractivity contribution is -0.134. The molecule has 1 fully saturated rings. The van der Waals surface area contributed by atoms with E-state index < -0.39 is 0 Å². The van der Waals surface area contributed by atoms with Gasteiger partial charge in [0.05, 0.1) is 38.3 Å². The van der Waals surface area contributed by atoms with Gasteiger partial charge >= 0.3 is 0 Å². The second-order valence-electron chi connectivity index (χ2n) is 13.0. The molecule has 0 unspecified atom stereocenters. The van der Waals surface area contributed by atoms with Gasteiger partial charge in [-0.1, -0.05) is 18.2 Å². The summed E-state index contributed by atoms with van der Waals surface area (Å²) in [6, 6.07) is 12.2. The summed E-state index contributed by atoms with van der Waals surface area (Å²) in [6.45, 7) is 7.71. The average molecular weight is 697 g/mol. The highest BCUT2D eigenvalue weighted by atomic mass is 16.5.